The van der Waals surface area contributed by atoms with Gasteiger partial charge in [0.15, 0.2) is 5.11 Å². The largest absolute Gasteiger partial charge is 0.372 e. The SMILES string of the molecule is CCN(CC)c1ccc(NC(=S)Nc2cccc(SC)c2)c(C)c1. The van der Waals surface area contributed by atoms with Crippen LogP contribution in [0.2, 0.25) is 0 Å². The summed E-state index contributed by atoms with van der Waals surface area (Å²) >= 11 is 7.16. The fourth-order valence-electron chi connectivity index (χ4n) is 2.56. The highest BCUT2D eigenvalue weighted by atomic mass is 32.2. The van der Waals surface area contributed by atoms with Crippen LogP contribution < -0.4 is 15.5 Å². The Balaban J connectivity index is 2.06. The molecule has 0 heterocycles. The molecule has 2 aromatic rings. The number of benzene rings is 2. The standard InChI is InChI=1S/C19H25N3S2/c1-5-22(6-2)16-10-11-18(14(3)12-16)21-19(23)20-15-8-7-9-17(13-15)24-4/h7-13H,5-6H2,1-4H3,(H2,20,21,23). The molecule has 3 nitrogen and oxygen atoms in total. The average Bonchev–Trinajstić information content (AvgIpc) is 2.58. The lowest BCUT2D eigenvalue weighted by atomic mass is 10.1. The number of nitrogens with one attached hydrogen (secondary N) is 2. The van der Waals surface area contributed by atoms with Crippen LogP contribution in [-0.4, -0.2) is 24.5 Å². The Morgan fingerprint density at radius 2 is 1.83 bits per heavy atom. The molecule has 5 heteroatoms. The first-order valence-corrected chi connectivity index (χ1v) is 9.78. The summed E-state index contributed by atoms with van der Waals surface area (Å²) < 4.78 is 0. The number of thiocarbonyl (C=S) groups is 1. The Labute approximate surface area is 154 Å². The van der Waals surface area contributed by atoms with E-state index in [9.17, 15) is 0 Å². The van der Waals surface area contributed by atoms with Crippen LogP contribution in [0, 0.1) is 6.92 Å². The Morgan fingerprint density at radius 3 is 2.46 bits per heavy atom. The first kappa shape index (κ1) is 18.6. The van der Waals surface area contributed by atoms with Gasteiger partial charge in [0.05, 0.1) is 0 Å². The van der Waals surface area contributed by atoms with Crippen molar-refractivity contribution in [3.8, 4) is 0 Å². The van der Waals surface area contributed by atoms with Crippen LogP contribution in [0.3, 0.4) is 0 Å². The average molecular weight is 360 g/mol. The maximum atomic E-state index is 5.45. The molecule has 0 amide bonds. The summed E-state index contributed by atoms with van der Waals surface area (Å²) in [5, 5.41) is 7.15. The van der Waals surface area contributed by atoms with Crippen LogP contribution in [0.4, 0.5) is 17.1 Å². The van der Waals surface area contributed by atoms with Crippen molar-refractivity contribution >= 4 is 46.2 Å². The first-order chi connectivity index (χ1) is 11.6. The molecule has 0 bridgehead atoms. The van der Waals surface area contributed by atoms with Crippen molar-refractivity contribution in [2.75, 3.05) is 34.9 Å². The number of rotatable bonds is 6. The third-order valence-electron chi connectivity index (χ3n) is 3.91. The highest BCUT2D eigenvalue weighted by molar-refractivity contribution is 7.98. The van der Waals surface area contributed by atoms with Crippen LogP contribution in [0.15, 0.2) is 47.4 Å². The third kappa shape index (κ3) is 4.89. The van der Waals surface area contributed by atoms with Crippen molar-refractivity contribution in [3.05, 3.63) is 48.0 Å². The third-order valence-corrected chi connectivity index (χ3v) is 4.84. The Hall–Kier alpha value is -1.72. The highest BCUT2D eigenvalue weighted by Gasteiger charge is 2.06. The number of hydrogen-bond acceptors (Lipinski definition) is 3. The van der Waals surface area contributed by atoms with E-state index in [1.807, 2.05) is 12.1 Å². The molecule has 0 aliphatic carbocycles. The molecule has 0 fully saturated rings. The lowest BCUT2D eigenvalue weighted by Gasteiger charge is -2.22. The molecule has 0 aromatic heterocycles. The molecule has 2 aromatic carbocycles. The van der Waals surface area contributed by atoms with Gasteiger partial charge in [0.25, 0.3) is 0 Å². The molecule has 0 aliphatic rings. The molecule has 0 atom stereocenters. The van der Waals surface area contributed by atoms with Crippen LogP contribution in [0.1, 0.15) is 19.4 Å². The van der Waals surface area contributed by atoms with Crippen molar-refractivity contribution in [1.29, 1.82) is 0 Å². The van der Waals surface area contributed by atoms with E-state index < -0.39 is 0 Å². The fraction of sp³-hybridized carbons (Fsp3) is 0.316. The summed E-state index contributed by atoms with van der Waals surface area (Å²) in [6.45, 7) is 8.47. The molecule has 0 saturated heterocycles. The van der Waals surface area contributed by atoms with E-state index in [1.54, 1.807) is 11.8 Å². The Bertz CT molecular complexity index is 697. The van der Waals surface area contributed by atoms with Gasteiger partial charge >= 0.3 is 0 Å². The van der Waals surface area contributed by atoms with E-state index >= 15 is 0 Å². The number of hydrogen-bond donors (Lipinski definition) is 2. The molecule has 0 unspecified atom stereocenters. The van der Waals surface area contributed by atoms with E-state index in [2.05, 4.69) is 72.9 Å². The second-order valence-electron chi connectivity index (χ2n) is 5.48. The van der Waals surface area contributed by atoms with Gasteiger partial charge in [0.2, 0.25) is 0 Å². The zero-order chi connectivity index (χ0) is 17.5. The van der Waals surface area contributed by atoms with E-state index in [0.29, 0.717) is 5.11 Å². The number of aryl methyl sites for hydroxylation is 1. The predicted molar refractivity (Wildman–Crippen MR) is 113 cm³/mol. The number of anilines is 3. The smallest absolute Gasteiger partial charge is 0.175 e. The van der Waals surface area contributed by atoms with Gasteiger partial charge in [-0.05, 0) is 81.2 Å². The van der Waals surface area contributed by atoms with E-state index in [0.717, 1.165) is 24.5 Å². The van der Waals surface area contributed by atoms with E-state index in [4.69, 9.17) is 12.2 Å². The minimum atomic E-state index is 0.604. The summed E-state index contributed by atoms with van der Waals surface area (Å²) in [5.41, 5.74) is 4.46. The summed E-state index contributed by atoms with van der Waals surface area (Å²) in [7, 11) is 0. The molecule has 0 aliphatic heterocycles. The van der Waals surface area contributed by atoms with Gasteiger partial charge in [-0.3, -0.25) is 0 Å². The molecular formula is C19H25N3S2. The second-order valence-corrected chi connectivity index (χ2v) is 6.77. The van der Waals surface area contributed by atoms with Gasteiger partial charge < -0.3 is 15.5 Å². The maximum absolute atomic E-state index is 5.45. The molecule has 0 saturated carbocycles. The van der Waals surface area contributed by atoms with Gasteiger partial charge in [-0.2, -0.15) is 0 Å². The van der Waals surface area contributed by atoms with Crippen molar-refractivity contribution in [2.24, 2.45) is 0 Å². The first-order valence-electron chi connectivity index (χ1n) is 8.15. The molecule has 2 N–H and O–H groups in total. The summed E-state index contributed by atoms with van der Waals surface area (Å²) in [5.74, 6) is 0. The van der Waals surface area contributed by atoms with Crippen LogP contribution >= 0.6 is 24.0 Å². The lowest BCUT2D eigenvalue weighted by molar-refractivity contribution is 0.866. The number of nitrogens with zero attached hydrogens (tertiary/aromatic N) is 1. The Morgan fingerprint density at radius 1 is 1.08 bits per heavy atom. The topological polar surface area (TPSA) is 27.3 Å². The van der Waals surface area contributed by atoms with E-state index in [1.165, 1.54) is 16.1 Å². The van der Waals surface area contributed by atoms with Gasteiger partial charge in [-0.25, -0.2) is 0 Å². The predicted octanol–water partition coefficient (Wildman–Crippen LogP) is 5.37. The summed E-state index contributed by atoms with van der Waals surface area (Å²) in [6.07, 6.45) is 2.07. The van der Waals surface area contributed by atoms with Crippen LogP contribution in [0.5, 0.6) is 0 Å². The minimum Gasteiger partial charge on any atom is -0.372 e. The minimum absolute atomic E-state index is 0.604. The lowest BCUT2D eigenvalue weighted by Crippen LogP contribution is -2.22. The molecule has 0 spiro atoms. The van der Waals surface area contributed by atoms with Gasteiger partial charge in [0.1, 0.15) is 0 Å². The monoisotopic (exact) mass is 359 g/mol. The Kier molecular flexibility index (Phi) is 6.94. The van der Waals surface area contributed by atoms with Gasteiger partial charge in [-0.1, -0.05) is 6.07 Å². The number of thioether (sulfide) groups is 1. The normalized spacial score (nSPS) is 10.3. The van der Waals surface area contributed by atoms with Crippen molar-refractivity contribution in [2.45, 2.75) is 25.7 Å². The van der Waals surface area contributed by atoms with E-state index in [-0.39, 0.29) is 0 Å². The van der Waals surface area contributed by atoms with Crippen molar-refractivity contribution in [1.82, 2.24) is 0 Å². The van der Waals surface area contributed by atoms with Crippen LogP contribution in [0.25, 0.3) is 0 Å². The van der Waals surface area contributed by atoms with Gasteiger partial charge in [0, 0.05) is 35.0 Å². The fourth-order valence-corrected chi connectivity index (χ4v) is 3.25. The van der Waals surface area contributed by atoms with Crippen molar-refractivity contribution < 1.29 is 0 Å². The maximum Gasteiger partial charge on any atom is 0.175 e. The van der Waals surface area contributed by atoms with Crippen molar-refractivity contribution in [3.63, 3.8) is 0 Å². The zero-order valence-electron chi connectivity index (χ0n) is 14.7. The molecule has 24 heavy (non-hydrogen) atoms. The molecule has 2 rings (SSSR count). The summed E-state index contributed by atoms with van der Waals surface area (Å²) in [6, 6.07) is 14.7. The highest BCUT2D eigenvalue weighted by Crippen LogP contribution is 2.23. The molecule has 0 radical (unpaired) electrons. The zero-order valence-corrected chi connectivity index (χ0v) is 16.4. The van der Waals surface area contributed by atoms with Gasteiger partial charge in [-0.15, -0.1) is 11.8 Å². The molecule has 128 valence electrons. The summed E-state index contributed by atoms with van der Waals surface area (Å²) in [4.78, 5) is 3.55. The van der Waals surface area contributed by atoms with Crippen LogP contribution in [-0.2, 0) is 0 Å². The second kappa shape index (κ2) is 8.94. The molecular weight excluding hydrogens is 334 g/mol. The quantitative estimate of drug-likeness (QED) is 0.534.